The third-order valence-corrected chi connectivity index (χ3v) is 4.69. The molecule has 1 N–H and O–H groups in total. The maximum atomic E-state index is 12.8. The normalized spacial score (nSPS) is 10.7. The van der Waals surface area contributed by atoms with Crippen LogP contribution >= 0.6 is 15.9 Å². The molecule has 0 unspecified atom stereocenters. The lowest BCUT2D eigenvalue weighted by molar-refractivity contribution is 0.102. The lowest BCUT2D eigenvalue weighted by Gasteiger charge is -2.11. The monoisotopic (exact) mass is 419 g/mol. The van der Waals surface area contributed by atoms with Gasteiger partial charge in [-0.2, -0.15) is 0 Å². The highest BCUT2D eigenvalue weighted by Crippen LogP contribution is 2.28. The SMILES string of the molecule is O=C(Nc1ccccc1-c1ccccc1)c1cc2cc(Br)ccc2oc1=O. The number of para-hydroxylation sites is 1. The summed E-state index contributed by atoms with van der Waals surface area (Å²) in [7, 11) is 0. The molecule has 5 heteroatoms. The van der Waals surface area contributed by atoms with Gasteiger partial charge in [0.25, 0.3) is 5.91 Å². The number of fused-ring (bicyclic) bond motifs is 1. The van der Waals surface area contributed by atoms with Gasteiger partial charge >= 0.3 is 5.63 Å². The minimum atomic E-state index is -0.667. The number of hydrogen-bond donors (Lipinski definition) is 1. The zero-order chi connectivity index (χ0) is 18.8. The van der Waals surface area contributed by atoms with Crippen molar-refractivity contribution >= 4 is 38.5 Å². The van der Waals surface area contributed by atoms with Crippen LogP contribution in [0.5, 0.6) is 0 Å². The third kappa shape index (κ3) is 3.55. The maximum Gasteiger partial charge on any atom is 0.349 e. The summed E-state index contributed by atoms with van der Waals surface area (Å²) >= 11 is 3.38. The molecule has 0 aliphatic carbocycles. The van der Waals surface area contributed by atoms with Gasteiger partial charge in [0.15, 0.2) is 0 Å². The Balaban J connectivity index is 1.73. The fourth-order valence-electron chi connectivity index (χ4n) is 2.90. The van der Waals surface area contributed by atoms with Crippen molar-refractivity contribution in [3.63, 3.8) is 0 Å². The highest BCUT2D eigenvalue weighted by Gasteiger charge is 2.16. The number of carbonyl (C=O) groups excluding carboxylic acids is 1. The van der Waals surface area contributed by atoms with E-state index in [0.29, 0.717) is 16.7 Å². The topological polar surface area (TPSA) is 59.3 Å². The van der Waals surface area contributed by atoms with Crippen molar-refractivity contribution in [2.45, 2.75) is 0 Å². The molecule has 132 valence electrons. The number of benzene rings is 3. The Kier molecular flexibility index (Phi) is 4.60. The first-order valence-electron chi connectivity index (χ1n) is 8.31. The smallest absolute Gasteiger partial charge is 0.349 e. The zero-order valence-corrected chi connectivity index (χ0v) is 15.7. The molecular weight excluding hydrogens is 406 g/mol. The Morgan fingerprint density at radius 3 is 2.44 bits per heavy atom. The van der Waals surface area contributed by atoms with E-state index in [2.05, 4.69) is 21.2 Å². The van der Waals surface area contributed by atoms with Crippen LogP contribution in [0.3, 0.4) is 0 Å². The third-order valence-electron chi connectivity index (χ3n) is 4.20. The van der Waals surface area contributed by atoms with Gasteiger partial charge in [-0.05, 0) is 35.9 Å². The molecule has 0 bridgehead atoms. The van der Waals surface area contributed by atoms with Crippen LogP contribution < -0.4 is 10.9 Å². The minimum Gasteiger partial charge on any atom is -0.422 e. The average molecular weight is 420 g/mol. The molecule has 4 nitrogen and oxygen atoms in total. The van der Waals surface area contributed by atoms with Crippen LogP contribution in [0.25, 0.3) is 22.1 Å². The molecule has 1 amide bonds. The van der Waals surface area contributed by atoms with Crippen molar-refractivity contribution < 1.29 is 9.21 Å². The first kappa shape index (κ1) is 17.2. The van der Waals surface area contributed by atoms with Crippen LogP contribution in [0.2, 0.25) is 0 Å². The second kappa shape index (κ2) is 7.21. The van der Waals surface area contributed by atoms with Crippen LogP contribution in [0, 0.1) is 0 Å². The van der Waals surface area contributed by atoms with E-state index in [1.54, 1.807) is 30.3 Å². The molecule has 1 aromatic heterocycles. The van der Waals surface area contributed by atoms with E-state index in [-0.39, 0.29) is 5.56 Å². The second-order valence-electron chi connectivity index (χ2n) is 6.00. The van der Waals surface area contributed by atoms with Crippen molar-refractivity contribution in [1.29, 1.82) is 0 Å². The van der Waals surface area contributed by atoms with Crippen LogP contribution in [0.1, 0.15) is 10.4 Å². The fourth-order valence-corrected chi connectivity index (χ4v) is 3.28. The van der Waals surface area contributed by atoms with E-state index >= 15 is 0 Å². The lowest BCUT2D eigenvalue weighted by Crippen LogP contribution is -2.21. The van der Waals surface area contributed by atoms with Crippen LogP contribution in [-0.4, -0.2) is 5.91 Å². The highest BCUT2D eigenvalue weighted by molar-refractivity contribution is 9.10. The average Bonchev–Trinajstić information content (AvgIpc) is 2.69. The summed E-state index contributed by atoms with van der Waals surface area (Å²) < 4.78 is 6.12. The van der Waals surface area contributed by atoms with Gasteiger partial charge in [0.2, 0.25) is 0 Å². The molecule has 0 aliphatic rings. The van der Waals surface area contributed by atoms with Gasteiger partial charge in [-0.3, -0.25) is 4.79 Å². The molecule has 3 aromatic carbocycles. The van der Waals surface area contributed by atoms with Gasteiger partial charge in [0.05, 0.1) is 0 Å². The highest BCUT2D eigenvalue weighted by atomic mass is 79.9. The van der Waals surface area contributed by atoms with Gasteiger partial charge in [-0.1, -0.05) is 64.5 Å². The van der Waals surface area contributed by atoms with E-state index in [4.69, 9.17) is 4.42 Å². The lowest BCUT2D eigenvalue weighted by atomic mass is 10.0. The Hall–Kier alpha value is -3.18. The molecule has 4 aromatic rings. The summed E-state index contributed by atoms with van der Waals surface area (Å²) in [4.78, 5) is 25.0. The first-order chi connectivity index (χ1) is 13.1. The fraction of sp³-hybridized carbons (Fsp3) is 0. The summed E-state index contributed by atoms with van der Waals surface area (Å²) in [5, 5.41) is 3.51. The van der Waals surface area contributed by atoms with Gasteiger partial charge in [0.1, 0.15) is 11.1 Å². The molecule has 1 heterocycles. The summed E-state index contributed by atoms with van der Waals surface area (Å²) in [6.45, 7) is 0. The number of anilines is 1. The number of rotatable bonds is 3. The maximum absolute atomic E-state index is 12.8. The van der Waals surface area contributed by atoms with E-state index < -0.39 is 11.5 Å². The van der Waals surface area contributed by atoms with Gasteiger partial charge < -0.3 is 9.73 Å². The number of carbonyl (C=O) groups is 1. The Bertz CT molecular complexity index is 1200. The Morgan fingerprint density at radius 1 is 0.889 bits per heavy atom. The largest absolute Gasteiger partial charge is 0.422 e. The summed E-state index contributed by atoms with van der Waals surface area (Å²) in [5.41, 5.74) is 2.21. The zero-order valence-electron chi connectivity index (χ0n) is 14.1. The molecule has 0 spiro atoms. The molecule has 4 rings (SSSR count). The minimum absolute atomic E-state index is 0.0385. The standard InChI is InChI=1S/C22H14BrNO3/c23-16-10-11-20-15(12-16)13-18(22(26)27-20)21(25)24-19-9-5-4-8-17(19)14-6-2-1-3-7-14/h1-13H,(H,24,25). The molecule has 0 radical (unpaired) electrons. The summed E-state index contributed by atoms with van der Waals surface area (Å²) in [6.07, 6.45) is 0. The molecule has 0 atom stereocenters. The van der Waals surface area contributed by atoms with Crippen LogP contribution in [0.15, 0.2) is 92.5 Å². The molecular formula is C22H14BrNO3. The molecule has 0 fully saturated rings. The van der Waals surface area contributed by atoms with Crippen molar-refractivity contribution in [2.24, 2.45) is 0 Å². The van der Waals surface area contributed by atoms with E-state index in [0.717, 1.165) is 15.6 Å². The number of amides is 1. The summed E-state index contributed by atoms with van der Waals surface area (Å²) in [6, 6.07) is 24.0. The molecule has 0 aliphatic heterocycles. The predicted octanol–water partition coefficient (Wildman–Crippen LogP) is 5.47. The number of halogens is 1. The van der Waals surface area contributed by atoms with E-state index in [1.807, 2.05) is 48.5 Å². The van der Waals surface area contributed by atoms with Crippen LogP contribution in [0.4, 0.5) is 5.69 Å². The van der Waals surface area contributed by atoms with Gasteiger partial charge in [0, 0.05) is 21.1 Å². The molecule has 0 saturated carbocycles. The van der Waals surface area contributed by atoms with Crippen LogP contribution in [-0.2, 0) is 0 Å². The quantitative estimate of drug-likeness (QED) is 0.447. The van der Waals surface area contributed by atoms with Crippen molar-refractivity contribution in [2.75, 3.05) is 5.32 Å². The van der Waals surface area contributed by atoms with Crippen molar-refractivity contribution in [3.05, 3.63) is 99.3 Å². The Labute approximate surface area is 163 Å². The summed E-state index contributed by atoms with van der Waals surface area (Å²) in [5.74, 6) is -0.506. The number of hydrogen-bond acceptors (Lipinski definition) is 3. The molecule has 27 heavy (non-hydrogen) atoms. The molecule has 0 saturated heterocycles. The number of nitrogens with one attached hydrogen (secondary N) is 1. The van der Waals surface area contributed by atoms with Gasteiger partial charge in [-0.25, -0.2) is 4.79 Å². The Morgan fingerprint density at radius 2 is 1.63 bits per heavy atom. The predicted molar refractivity (Wildman–Crippen MR) is 110 cm³/mol. The van der Waals surface area contributed by atoms with Crippen molar-refractivity contribution in [3.8, 4) is 11.1 Å². The van der Waals surface area contributed by atoms with Gasteiger partial charge in [-0.15, -0.1) is 0 Å². The second-order valence-corrected chi connectivity index (χ2v) is 6.91. The first-order valence-corrected chi connectivity index (χ1v) is 9.10. The van der Waals surface area contributed by atoms with E-state index in [1.165, 1.54) is 0 Å². The van der Waals surface area contributed by atoms with Crippen molar-refractivity contribution in [1.82, 2.24) is 0 Å². The van der Waals surface area contributed by atoms with E-state index in [9.17, 15) is 9.59 Å².